The highest BCUT2D eigenvalue weighted by atomic mass is 16.5. The summed E-state index contributed by atoms with van der Waals surface area (Å²) < 4.78 is 5.91. The van der Waals surface area contributed by atoms with Gasteiger partial charge in [-0.05, 0) is 25.0 Å². The number of hydrogen-bond donors (Lipinski definition) is 1. The lowest BCUT2D eigenvalue weighted by Gasteiger charge is -2.30. The summed E-state index contributed by atoms with van der Waals surface area (Å²) in [5.74, 6) is -1.64. The third kappa shape index (κ3) is 3.50. The SMILES string of the molecule is CCCC(=O)OCN1C(=O)CCC(n2nnc3cccc(N)c3c2=O)C1=O. The molecule has 0 spiro atoms. The Bertz CT molecular complexity index is 970. The largest absolute Gasteiger partial charge is 0.444 e. The summed E-state index contributed by atoms with van der Waals surface area (Å²) in [5, 5.41) is 7.95. The lowest BCUT2D eigenvalue weighted by atomic mass is 10.0. The number of hydrogen-bond acceptors (Lipinski definition) is 8. The second-order valence-corrected chi connectivity index (χ2v) is 6.19. The van der Waals surface area contributed by atoms with Crippen LogP contribution >= 0.6 is 0 Å². The molecule has 10 nitrogen and oxygen atoms in total. The Kier molecular flexibility index (Phi) is 5.15. The van der Waals surface area contributed by atoms with Gasteiger partial charge in [0.15, 0.2) is 6.73 Å². The van der Waals surface area contributed by atoms with E-state index in [1.807, 2.05) is 6.92 Å². The topological polar surface area (TPSA) is 137 Å². The van der Waals surface area contributed by atoms with Crippen molar-refractivity contribution in [2.24, 2.45) is 0 Å². The predicted octanol–water partition coefficient (Wildman–Crippen LogP) is 0.365. The van der Waals surface area contributed by atoms with Crippen LogP contribution in [0.5, 0.6) is 0 Å². The third-order valence-electron chi connectivity index (χ3n) is 4.33. The Labute approximate surface area is 153 Å². The van der Waals surface area contributed by atoms with Crippen LogP contribution in [0.15, 0.2) is 23.0 Å². The normalized spacial score (nSPS) is 17.4. The van der Waals surface area contributed by atoms with E-state index in [-0.39, 0.29) is 30.3 Å². The van der Waals surface area contributed by atoms with Gasteiger partial charge >= 0.3 is 5.97 Å². The first-order chi connectivity index (χ1) is 12.9. The van der Waals surface area contributed by atoms with Crippen LogP contribution < -0.4 is 11.3 Å². The Balaban J connectivity index is 1.90. The van der Waals surface area contributed by atoms with Crippen molar-refractivity contribution in [3.63, 3.8) is 0 Å². The van der Waals surface area contributed by atoms with Crippen LogP contribution in [0.1, 0.15) is 38.6 Å². The van der Waals surface area contributed by atoms with Crippen molar-refractivity contribution < 1.29 is 19.1 Å². The smallest absolute Gasteiger partial charge is 0.307 e. The summed E-state index contributed by atoms with van der Waals surface area (Å²) in [6.07, 6.45) is 0.892. The molecule has 0 saturated carbocycles. The molecule has 2 heterocycles. The number of rotatable bonds is 5. The molecule has 1 fully saturated rings. The third-order valence-corrected chi connectivity index (χ3v) is 4.33. The van der Waals surface area contributed by atoms with Crippen LogP contribution in [0, 0.1) is 0 Å². The van der Waals surface area contributed by atoms with Gasteiger partial charge in [0, 0.05) is 18.5 Å². The number of nitrogen functional groups attached to an aromatic ring is 1. The van der Waals surface area contributed by atoms with Gasteiger partial charge in [0.2, 0.25) is 5.91 Å². The second kappa shape index (κ2) is 7.52. The van der Waals surface area contributed by atoms with Crippen molar-refractivity contribution in [3.05, 3.63) is 28.6 Å². The van der Waals surface area contributed by atoms with Crippen LogP contribution in [-0.4, -0.2) is 44.4 Å². The molecule has 0 aliphatic carbocycles. The number of nitrogens with two attached hydrogens (primary N) is 1. The van der Waals surface area contributed by atoms with Crippen molar-refractivity contribution in [3.8, 4) is 0 Å². The van der Waals surface area contributed by atoms with Gasteiger partial charge in [-0.25, -0.2) is 4.90 Å². The van der Waals surface area contributed by atoms with Gasteiger partial charge < -0.3 is 10.5 Å². The molecule has 1 unspecified atom stereocenters. The van der Waals surface area contributed by atoms with E-state index in [9.17, 15) is 19.2 Å². The number of amides is 2. The molecule has 142 valence electrons. The fraction of sp³-hybridized carbons (Fsp3) is 0.412. The monoisotopic (exact) mass is 373 g/mol. The molecule has 0 radical (unpaired) electrons. The summed E-state index contributed by atoms with van der Waals surface area (Å²) >= 11 is 0. The number of carbonyl (C=O) groups excluding carboxylic acids is 3. The molecule has 2 amide bonds. The zero-order chi connectivity index (χ0) is 19.6. The Morgan fingerprint density at radius 1 is 1.33 bits per heavy atom. The van der Waals surface area contributed by atoms with Crippen molar-refractivity contribution in [2.45, 2.75) is 38.6 Å². The summed E-state index contributed by atoms with van der Waals surface area (Å²) in [5.41, 5.74) is 5.85. The number of fused-ring (bicyclic) bond motifs is 1. The number of imide groups is 1. The molecule has 1 aromatic heterocycles. The van der Waals surface area contributed by atoms with Crippen LogP contribution in [0.25, 0.3) is 10.9 Å². The Hall–Kier alpha value is -3.30. The molecule has 1 aliphatic rings. The van der Waals surface area contributed by atoms with Gasteiger partial charge in [-0.2, -0.15) is 4.68 Å². The number of carbonyl (C=O) groups is 3. The molecule has 1 aromatic carbocycles. The summed E-state index contributed by atoms with van der Waals surface area (Å²) in [6, 6.07) is 3.78. The fourth-order valence-corrected chi connectivity index (χ4v) is 2.93. The zero-order valence-corrected chi connectivity index (χ0v) is 14.8. The van der Waals surface area contributed by atoms with E-state index in [1.54, 1.807) is 18.2 Å². The highest BCUT2D eigenvalue weighted by Crippen LogP contribution is 2.23. The van der Waals surface area contributed by atoms with E-state index < -0.39 is 36.1 Å². The van der Waals surface area contributed by atoms with Crippen molar-refractivity contribution in [1.82, 2.24) is 19.9 Å². The molecule has 27 heavy (non-hydrogen) atoms. The van der Waals surface area contributed by atoms with E-state index in [4.69, 9.17) is 10.5 Å². The number of ether oxygens (including phenoxy) is 1. The van der Waals surface area contributed by atoms with Crippen LogP contribution in [0.3, 0.4) is 0 Å². The number of aromatic nitrogens is 3. The molecule has 2 aromatic rings. The molecule has 2 N–H and O–H groups in total. The van der Waals surface area contributed by atoms with E-state index in [2.05, 4.69) is 10.3 Å². The maximum absolute atomic E-state index is 12.8. The molecule has 1 atom stereocenters. The maximum atomic E-state index is 12.8. The fourth-order valence-electron chi connectivity index (χ4n) is 2.93. The summed E-state index contributed by atoms with van der Waals surface area (Å²) in [7, 11) is 0. The van der Waals surface area contributed by atoms with Gasteiger partial charge in [0.05, 0.1) is 5.39 Å². The lowest BCUT2D eigenvalue weighted by molar-refractivity contribution is -0.163. The van der Waals surface area contributed by atoms with Crippen LogP contribution in [0.4, 0.5) is 5.69 Å². The number of likely N-dealkylation sites (tertiary alicyclic amines) is 1. The van der Waals surface area contributed by atoms with E-state index in [0.29, 0.717) is 11.9 Å². The Morgan fingerprint density at radius 3 is 2.85 bits per heavy atom. The lowest BCUT2D eigenvalue weighted by Crippen LogP contribution is -2.49. The first-order valence-corrected chi connectivity index (χ1v) is 8.57. The second-order valence-electron chi connectivity index (χ2n) is 6.19. The highest BCUT2D eigenvalue weighted by molar-refractivity contribution is 5.99. The van der Waals surface area contributed by atoms with Crippen molar-refractivity contribution >= 4 is 34.4 Å². The molecule has 10 heteroatoms. The minimum Gasteiger partial charge on any atom is -0.444 e. The zero-order valence-electron chi connectivity index (χ0n) is 14.8. The van der Waals surface area contributed by atoms with Gasteiger partial charge in [-0.3, -0.25) is 19.2 Å². The minimum atomic E-state index is -1.02. The molecular weight excluding hydrogens is 354 g/mol. The Morgan fingerprint density at radius 2 is 2.11 bits per heavy atom. The predicted molar refractivity (Wildman–Crippen MR) is 94.2 cm³/mol. The summed E-state index contributed by atoms with van der Waals surface area (Å²) in [6.45, 7) is 1.33. The minimum absolute atomic E-state index is 0.0121. The molecule has 1 saturated heterocycles. The van der Waals surface area contributed by atoms with E-state index in [0.717, 1.165) is 9.58 Å². The number of nitrogens with zero attached hydrogens (tertiary/aromatic N) is 4. The van der Waals surface area contributed by atoms with Crippen LogP contribution in [-0.2, 0) is 19.1 Å². The van der Waals surface area contributed by atoms with E-state index in [1.165, 1.54) is 0 Å². The van der Waals surface area contributed by atoms with Crippen molar-refractivity contribution in [2.75, 3.05) is 12.5 Å². The highest BCUT2D eigenvalue weighted by Gasteiger charge is 2.37. The average molecular weight is 373 g/mol. The summed E-state index contributed by atoms with van der Waals surface area (Å²) in [4.78, 5) is 49.9. The molecular formula is C17H19N5O5. The van der Waals surface area contributed by atoms with Crippen LogP contribution in [0.2, 0.25) is 0 Å². The van der Waals surface area contributed by atoms with Crippen molar-refractivity contribution in [1.29, 1.82) is 0 Å². The number of anilines is 1. The van der Waals surface area contributed by atoms with E-state index >= 15 is 0 Å². The first kappa shape index (κ1) is 18.5. The molecule has 1 aliphatic heterocycles. The van der Waals surface area contributed by atoms with Gasteiger partial charge in [0.25, 0.3) is 11.5 Å². The van der Waals surface area contributed by atoms with Gasteiger partial charge in [-0.1, -0.05) is 18.2 Å². The number of benzene rings is 1. The first-order valence-electron chi connectivity index (χ1n) is 8.57. The quantitative estimate of drug-likeness (QED) is 0.450. The molecule has 3 rings (SSSR count). The average Bonchev–Trinajstić information content (AvgIpc) is 2.63. The standard InChI is InChI=1S/C17H19N5O5/c1-2-4-14(24)27-9-21-13(23)8-7-12(16(21)25)22-17(26)15-10(18)5-3-6-11(15)19-20-22/h3,5-6,12H,2,4,7-9,18H2,1H3. The molecule has 0 bridgehead atoms. The maximum Gasteiger partial charge on any atom is 0.307 e. The van der Waals surface area contributed by atoms with Gasteiger partial charge in [0.1, 0.15) is 11.6 Å². The number of piperidine rings is 1. The number of esters is 1. The van der Waals surface area contributed by atoms with Gasteiger partial charge in [-0.15, -0.1) is 5.10 Å².